The first-order valence-corrected chi connectivity index (χ1v) is 9.23. The third kappa shape index (κ3) is 7.14. The minimum Gasteiger partial charge on any atom is -0.464 e. The molecule has 2 aromatic rings. The molecule has 0 fully saturated rings. The monoisotopic (exact) mass is 343 g/mol. The Morgan fingerprint density at radius 2 is 1.92 bits per heavy atom. The summed E-state index contributed by atoms with van der Waals surface area (Å²) in [4.78, 5) is 14.6. The lowest BCUT2D eigenvalue weighted by Gasteiger charge is -2.21. The lowest BCUT2D eigenvalue weighted by atomic mass is 10.1. The summed E-state index contributed by atoms with van der Waals surface area (Å²) in [5.74, 6) is 2.58. The van der Waals surface area contributed by atoms with Crippen LogP contribution in [0.4, 0.5) is 0 Å². The number of amides is 1. The van der Waals surface area contributed by atoms with Crippen LogP contribution in [0.2, 0.25) is 0 Å². The average Bonchev–Trinajstić information content (AvgIpc) is 3.01. The van der Waals surface area contributed by atoms with Crippen LogP contribution in [-0.4, -0.2) is 30.4 Å². The third-order valence-electron chi connectivity index (χ3n) is 4.28. The van der Waals surface area contributed by atoms with Crippen LogP contribution in [0.5, 0.6) is 0 Å². The van der Waals surface area contributed by atoms with Crippen molar-refractivity contribution in [2.45, 2.75) is 40.2 Å². The zero-order chi connectivity index (χ0) is 18.1. The molecule has 25 heavy (non-hydrogen) atoms. The van der Waals surface area contributed by atoms with Crippen molar-refractivity contribution in [1.29, 1.82) is 0 Å². The summed E-state index contributed by atoms with van der Waals surface area (Å²) in [6.07, 6.45) is 1.99. The summed E-state index contributed by atoms with van der Waals surface area (Å²) in [6.45, 7) is 9.09. The molecule has 1 heterocycles. The number of hydrogen-bond donors (Lipinski definition) is 1. The molecule has 0 aliphatic rings. The van der Waals surface area contributed by atoms with E-state index in [0.29, 0.717) is 25.6 Å². The number of carbonyl (C=O) groups is 1. The summed E-state index contributed by atoms with van der Waals surface area (Å²) >= 11 is 0. The lowest BCUT2D eigenvalue weighted by Crippen LogP contribution is -2.86. The summed E-state index contributed by atoms with van der Waals surface area (Å²) in [5.41, 5.74) is 1.25. The van der Waals surface area contributed by atoms with Crippen LogP contribution in [0.15, 0.2) is 46.9 Å². The number of rotatable bonds is 10. The zero-order valence-corrected chi connectivity index (χ0v) is 15.7. The molecule has 136 valence electrons. The molecule has 0 aliphatic heterocycles. The van der Waals surface area contributed by atoms with Crippen molar-refractivity contribution in [2.24, 2.45) is 5.92 Å². The molecule has 0 unspecified atom stereocenters. The molecule has 0 aliphatic carbocycles. The smallest absolute Gasteiger partial charge is 0.278 e. The molecular weight excluding hydrogens is 312 g/mol. The van der Waals surface area contributed by atoms with Crippen LogP contribution in [0.1, 0.15) is 37.4 Å². The van der Waals surface area contributed by atoms with Gasteiger partial charge in [0.25, 0.3) is 5.91 Å². The first-order valence-electron chi connectivity index (χ1n) is 9.23. The second kappa shape index (κ2) is 10.0. The van der Waals surface area contributed by atoms with Crippen LogP contribution >= 0.6 is 0 Å². The fourth-order valence-electron chi connectivity index (χ4n) is 2.76. The van der Waals surface area contributed by atoms with Gasteiger partial charge in [-0.1, -0.05) is 44.2 Å². The minimum absolute atomic E-state index is 0.175. The molecule has 1 aromatic carbocycles. The molecule has 4 nitrogen and oxygen atoms in total. The Morgan fingerprint density at radius 1 is 1.16 bits per heavy atom. The molecule has 0 atom stereocenters. The van der Waals surface area contributed by atoms with Gasteiger partial charge in [0.2, 0.25) is 0 Å². The number of nitrogens with zero attached hydrogens (tertiary/aromatic N) is 1. The number of aryl methyl sites for hydroxylation is 1. The number of furan rings is 1. The van der Waals surface area contributed by atoms with E-state index in [1.54, 1.807) is 0 Å². The van der Waals surface area contributed by atoms with Crippen molar-refractivity contribution in [3.8, 4) is 0 Å². The zero-order valence-electron chi connectivity index (χ0n) is 15.7. The van der Waals surface area contributed by atoms with E-state index in [1.165, 1.54) is 5.56 Å². The summed E-state index contributed by atoms with van der Waals surface area (Å²) < 4.78 is 5.67. The largest absolute Gasteiger partial charge is 0.464 e. The maximum atomic E-state index is 12.7. The van der Waals surface area contributed by atoms with Gasteiger partial charge in [-0.05, 0) is 43.4 Å². The molecule has 0 bridgehead atoms. The van der Waals surface area contributed by atoms with Crippen molar-refractivity contribution in [1.82, 2.24) is 4.90 Å². The van der Waals surface area contributed by atoms with Gasteiger partial charge in [0.15, 0.2) is 6.54 Å². The molecule has 2 rings (SSSR count). The molecule has 0 spiro atoms. The average molecular weight is 343 g/mol. The van der Waals surface area contributed by atoms with Crippen molar-refractivity contribution in [3.63, 3.8) is 0 Å². The van der Waals surface area contributed by atoms with Crippen molar-refractivity contribution >= 4 is 5.91 Å². The summed E-state index contributed by atoms with van der Waals surface area (Å²) in [5, 5.41) is 2.12. The lowest BCUT2D eigenvalue weighted by molar-refractivity contribution is -0.645. The van der Waals surface area contributed by atoms with Gasteiger partial charge in [-0.25, -0.2) is 0 Å². The maximum absolute atomic E-state index is 12.7. The highest BCUT2D eigenvalue weighted by Gasteiger charge is 2.17. The Labute approximate surface area is 151 Å². The predicted octanol–water partition coefficient (Wildman–Crippen LogP) is 2.77. The fourth-order valence-corrected chi connectivity index (χ4v) is 2.76. The summed E-state index contributed by atoms with van der Waals surface area (Å²) in [7, 11) is 0. The van der Waals surface area contributed by atoms with Gasteiger partial charge in [0, 0.05) is 6.54 Å². The number of quaternary nitrogens is 1. The topological polar surface area (TPSA) is 50.1 Å². The van der Waals surface area contributed by atoms with E-state index in [1.807, 2.05) is 42.2 Å². The second-order valence-corrected chi connectivity index (χ2v) is 7.03. The van der Waals surface area contributed by atoms with E-state index < -0.39 is 0 Å². The van der Waals surface area contributed by atoms with Crippen molar-refractivity contribution in [3.05, 3.63) is 59.5 Å². The van der Waals surface area contributed by atoms with Crippen molar-refractivity contribution < 1.29 is 14.5 Å². The summed E-state index contributed by atoms with van der Waals surface area (Å²) in [6, 6.07) is 14.2. The Bertz CT molecular complexity index is 634. The van der Waals surface area contributed by atoms with Crippen LogP contribution in [0.3, 0.4) is 0 Å². The van der Waals surface area contributed by atoms with E-state index in [9.17, 15) is 4.79 Å². The third-order valence-corrected chi connectivity index (χ3v) is 4.28. The van der Waals surface area contributed by atoms with Crippen molar-refractivity contribution in [2.75, 3.05) is 19.6 Å². The molecule has 0 radical (unpaired) electrons. The molecule has 0 saturated heterocycles. The van der Waals surface area contributed by atoms with E-state index in [2.05, 4.69) is 31.3 Å². The quantitative estimate of drug-likeness (QED) is 0.675. The highest BCUT2D eigenvalue weighted by molar-refractivity contribution is 5.76. The number of nitrogens with two attached hydrogens (primary N) is 1. The van der Waals surface area contributed by atoms with Gasteiger partial charge in [0.05, 0.1) is 13.1 Å². The maximum Gasteiger partial charge on any atom is 0.278 e. The van der Waals surface area contributed by atoms with Gasteiger partial charge >= 0.3 is 0 Å². The first kappa shape index (κ1) is 19.3. The number of carbonyl (C=O) groups excluding carboxylic acids is 1. The van der Waals surface area contributed by atoms with Crippen LogP contribution in [0.25, 0.3) is 0 Å². The van der Waals surface area contributed by atoms with Crippen LogP contribution in [-0.2, 0) is 17.8 Å². The van der Waals surface area contributed by atoms with Gasteiger partial charge in [-0.3, -0.25) is 4.79 Å². The molecule has 0 saturated carbocycles. The first-order chi connectivity index (χ1) is 12.0. The second-order valence-electron chi connectivity index (χ2n) is 7.03. The highest BCUT2D eigenvalue weighted by Crippen LogP contribution is 2.11. The number of hydrogen-bond acceptors (Lipinski definition) is 2. The fraction of sp³-hybridized carbons (Fsp3) is 0.476. The van der Waals surface area contributed by atoms with E-state index in [-0.39, 0.29) is 5.91 Å². The van der Waals surface area contributed by atoms with Crippen LogP contribution in [0, 0.1) is 12.8 Å². The number of benzene rings is 1. The molecule has 4 heteroatoms. The highest BCUT2D eigenvalue weighted by atomic mass is 16.3. The van der Waals surface area contributed by atoms with Gasteiger partial charge in [-0.2, -0.15) is 0 Å². The molecule has 2 N–H and O–H groups in total. The van der Waals surface area contributed by atoms with E-state index in [4.69, 9.17) is 4.42 Å². The van der Waals surface area contributed by atoms with E-state index in [0.717, 1.165) is 30.9 Å². The van der Waals surface area contributed by atoms with Gasteiger partial charge in [-0.15, -0.1) is 0 Å². The standard InChI is InChI=1S/C21H30N2O2/c1-17(2)11-13-22-15-21(24)23(16-20-10-9-18(3)25-20)14-12-19-7-5-4-6-8-19/h4-10,17,22H,11-16H2,1-3H3/p+1. The normalized spacial score (nSPS) is 11.0. The SMILES string of the molecule is Cc1ccc(CN(CCc2ccccc2)C(=O)C[NH2+]CCC(C)C)o1. The van der Waals surface area contributed by atoms with Gasteiger partial charge in [0.1, 0.15) is 11.5 Å². The predicted molar refractivity (Wildman–Crippen MR) is 100 cm³/mol. The molecular formula is C21H31N2O2+. The molecule has 1 amide bonds. The Morgan fingerprint density at radius 3 is 2.56 bits per heavy atom. The molecule has 1 aromatic heterocycles. The van der Waals surface area contributed by atoms with Gasteiger partial charge < -0.3 is 14.6 Å². The minimum atomic E-state index is 0.175. The van der Waals surface area contributed by atoms with Crippen LogP contribution < -0.4 is 5.32 Å². The Balaban J connectivity index is 1.91. The Kier molecular flexibility index (Phi) is 7.74. The Hall–Kier alpha value is -2.07. The van der Waals surface area contributed by atoms with E-state index >= 15 is 0 Å².